The predicted octanol–water partition coefficient (Wildman–Crippen LogP) is -4.93. The van der Waals surface area contributed by atoms with Gasteiger partial charge in [0, 0.05) is 0 Å². The lowest BCUT2D eigenvalue weighted by Crippen LogP contribution is -0.290. The molecule has 7 nitrogen and oxygen atoms in total. The van der Waals surface area contributed by atoms with E-state index in [1.807, 2.05) is 0 Å². The van der Waals surface area contributed by atoms with Gasteiger partial charge in [-0.25, -0.2) is 0 Å². The van der Waals surface area contributed by atoms with Gasteiger partial charge in [-0.05, 0) is 0 Å². The Labute approximate surface area is 64.0 Å². The summed E-state index contributed by atoms with van der Waals surface area (Å²) in [5.41, 5.74) is 0. The summed E-state index contributed by atoms with van der Waals surface area (Å²) in [5.74, 6) is 0. The van der Waals surface area contributed by atoms with Crippen LogP contribution in [0.15, 0.2) is 0 Å². The first-order valence-corrected chi connectivity index (χ1v) is 0. The van der Waals surface area contributed by atoms with Crippen molar-refractivity contribution in [3.63, 3.8) is 0 Å². The summed E-state index contributed by atoms with van der Waals surface area (Å²) in [6.07, 6.45) is 0. The van der Waals surface area contributed by atoms with E-state index in [-0.39, 0.29) is 63.1 Å². The molecule has 9 heavy (non-hydrogen) atoms. The zero-order chi connectivity index (χ0) is 0. The second-order valence-corrected chi connectivity index (χ2v) is 0. The van der Waals surface area contributed by atoms with Gasteiger partial charge in [-0.1, -0.05) is 0 Å². The molecule has 0 aliphatic heterocycles. The molecular weight excluding hydrogens is 183 g/mol. The van der Waals surface area contributed by atoms with Crippen LogP contribution in [-0.4, -0.2) is 38.3 Å². The highest BCUT2D eigenvalue weighted by atomic mass is 35.5. The lowest BCUT2D eigenvalue weighted by Gasteiger charge is -0.413. The van der Waals surface area contributed by atoms with Gasteiger partial charge in [0.1, 0.15) is 0 Å². The second kappa shape index (κ2) is 4910. The zero-order valence-corrected chi connectivity index (χ0v) is 5.95. The molecule has 14 N–H and O–H groups in total. The molecule has 0 amide bonds. The van der Waals surface area contributed by atoms with Crippen molar-refractivity contribution < 1.29 is 38.3 Å². The molecule has 0 saturated carbocycles. The fraction of sp³-hybridized carbons (Fsp3) is 0. The fourth-order valence-electron chi connectivity index (χ4n) is 0. The van der Waals surface area contributed by atoms with Gasteiger partial charge >= 0.3 is 0 Å². The smallest absolute Gasteiger partial charge is 0.147 e. The molecule has 0 aromatic carbocycles. The minimum absolute atomic E-state index is 0. The number of halogens is 2. The summed E-state index contributed by atoms with van der Waals surface area (Å²) in [7, 11) is 0. The molecule has 72 valence electrons. The van der Waals surface area contributed by atoms with Crippen LogP contribution in [0, 0.1) is 0 Å². The van der Waals surface area contributed by atoms with Crippen LogP contribution in [0.25, 0.3) is 0 Å². The van der Waals surface area contributed by atoms with Crippen LogP contribution in [0.4, 0.5) is 0 Å². The van der Waals surface area contributed by atoms with E-state index < -0.39 is 0 Å². The molecule has 0 radical (unpaired) electrons. The Morgan fingerprint density at radius 3 is 0.222 bits per heavy atom. The van der Waals surface area contributed by atoms with Crippen LogP contribution < -0.4 is 0 Å². The average molecular weight is 199 g/mol. The third-order valence-corrected chi connectivity index (χ3v) is 0. The molecular formula is H16Cl2O7. The monoisotopic (exact) mass is 198 g/mol. The van der Waals surface area contributed by atoms with E-state index in [9.17, 15) is 0 Å². The molecule has 0 saturated heterocycles. The molecule has 9 heteroatoms. The van der Waals surface area contributed by atoms with Crippen molar-refractivity contribution in [1.29, 1.82) is 0 Å². The molecule has 0 unspecified atom stereocenters. The van der Waals surface area contributed by atoms with Gasteiger partial charge in [0.15, 0.2) is 0 Å². The summed E-state index contributed by atoms with van der Waals surface area (Å²) in [5, 5.41) is 0. The molecule has 0 atom stereocenters. The Morgan fingerprint density at radius 1 is 0.222 bits per heavy atom. The summed E-state index contributed by atoms with van der Waals surface area (Å²) >= 11 is 0. The Kier molecular flexibility index (Phi) is 3890000. The molecule has 0 heterocycles. The Morgan fingerprint density at radius 2 is 0.222 bits per heavy atom. The number of rotatable bonds is 0. The Balaban J connectivity index is 0. The Bertz CT molecular complexity index is 6.88. The van der Waals surface area contributed by atoms with Crippen LogP contribution in [0.1, 0.15) is 0 Å². The summed E-state index contributed by atoms with van der Waals surface area (Å²) in [6.45, 7) is 0. The van der Waals surface area contributed by atoms with Crippen molar-refractivity contribution in [2.24, 2.45) is 0 Å². The van der Waals surface area contributed by atoms with Gasteiger partial charge < -0.3 is 38.3 Å². The molecule has 0 aliphatic rings. The lowest BCUT2D eigenvalue weighted by atomic mass is 16.0. The van der Waals surface area contributed by atoms with Crippen molar-refractivity contribution in [3.8, 4) is 0 Å². The van der Waals surface area contributed by atoms with Gasteiger partial charge in [0.25, 0.3) is 0 Å². The van der Waals surface area contributed by atoms with Gasteiger partial charge in [0.2, 0.25) is 0 Å². The first-order valence-electron chi connectivity index (χ1n) is 0. The van der Waals surface area contributed by atoms with Crippen molar-refractivity contribution in [2.75, 3.05) is 0 Å². The molecule has 0 fully saturated rings. The molecule has 0 rings (SSSR count). The third kappa shape index (κ3) is 3660. The van der Waals surface area contributed by atoms with E-state index in [0.29, 0.717) is 0 Å². The number of hydrogen-bond donors (Lipinski definition) is 0. The zero-order valence-electron chi connectivity index (χ0n) is 4.32. The van der Waals surface area contributed by atoms with Crippen LogP contribution in [0.3, 0.4) is 0 Å². The van der Waals surface area contributed by atoms with E-state index in [0.717, 1.165) is 0 Å². The van der Waals surface area contributed by atoms with Gasteiger partial charge in [-0.2, -0.15) is 0 Å². The minimum Gasteiger partial charge on any atom is -0.412 e. The van der Waals surface area contributed by atoms with Crippen molar-refractivity contribution in [2.45, 2.75) is 0 Å². The van der Waals surface area contributed by atoms with Crippen LogP contribution in [0.2, 0.25) is 0 Å². The maximum absolute atomic E-state index is 0. The quantitative estimate of drug-likeness (QED) is 0.357. The second-order valence-electron chi connectivity index (χ2n) is 0. The van der Waals surface area contributed by atoms with E-state index in [2.05, 4.69) is 0 Å². The molecule has 0 aliphatic carbocycles. The molecule has 0 bridgehead atoms. The highest BCUT2D eigenvalue weighted by Crippen LogP contribution is 0.691. The topological polar surface area (TPSA) is 220 Å². The third-order valence-electron chi connectivity index (χ3n) is 0. The van der Waals surface area contributed by atoms with Crippen LogP contribution >= 0.6 is 24.8 Å². The maximum atomic E-state index is 0. The molecule has 0 aromatic heterocycles. The first-order chi connectivity index (χ1) is 0. The lowest BCUT2D eigenvalue weighted by molar-refractivity contribution is 0.823. The van der Waals surface area contributed by atoms with Crippen LogP contribution in [0.5, 0.6) is 0 Å². The summed E-state index contributed by atoms with van der Waals surface area (Å²) in [6, 6.07) is 0. The largest absolute Gasteiger partial charge is 0.412 e. The summed E-state index contributed by atoms with van der Waals surface area (Å²) < 4.78 is 0. The minimum atomic E-state index is 0. The predicted molar refractivity (Wildman–Crippen MR) is 39.8 cm³/mol. The van der Waals surface area contributed by atoms with Crippen LogP contribution in [-0.2, 0) is 0 Å². The van der Waals surface area contributed by atoms with Gasteiger partial charge in [-0.3, -0.25) is 0 Å². The SMILES string of the molecule is Cl.Cl.O.O.O.O.O.O.O. The van der Waals surface area contributed by atoms with Crippen molar-refractivity contribution in [3.05, 3.63) is 0 Å². The first kappa shape index (κ1) is 7120. The highest BCUT2D eigenvalue weighted by molar-refractivity contribution is 5.85. The van der Waals surface area contributed by atoms with E-state index in [4.69, 9.17) is 0 Å². The molecule has 0 aromatic rings. The fourth-order valence-corrected chi connectivity index (χ4v) is 0. The highest BCUT2D eigenvalue weighted by Gasteiger charge is -0.146. The van der Waals surface area contributed by atoms with E-state index in [1.54, 1.807) is 0 Å². The summed E-state index contributed by atoms with van der Waals surface area (Å²) in [4.78, 5) is 0. The van der Waals surface area contributed by atoms with Crippen molar-refractivity contribution >= 4 is 24.8 Å². The maximum Gasteiger partial charge on any atom is -0.147 e. The number of hydrogen-bond acceptors (Lipinski definition) is 0. The standard InChI is InChI=1S/2ClH.7H2O/h2*1H;7*1H2. The average Bonchev–Trinajstić information content (AvgIpc) is 0. The van der Waals surface area contributed by atoms with E-state index in [1.165, 1.54) is 0 Å². The van der Waals surface area contributed by atoms with E-state index >= 15 is 0 Å². The van der Waals surface area contributed by atoms with Crippen molar-refractivity contribution in [1.82, 2.24) is 0 Å². The van der Waals surface area contributed by atoms with Gasteiger partial charge in [-0.15, -0.1) is 24.8 Å². The Hall–Kier alpha value is 0.300. The normalized spacial score (nSPS) is 0. The van der Waals surface area contributed by atoms with Gasteiger partial charge in [0.05, 0.1) is 0 Å². The molecule has 0 spiro atoms.